The van der Waals surface area contributed by atoms with Crippen LogP contribution in [0.5, 0.6) is 11.5 Å². The zero-order valence-corrected chi connectivity index (χ0v) is 15.7. The number of aromatic nitrogens is 2. The van der Waals surface area contributed by atoms with Gasteiger partial charge in [0.2, 0.25) is 0 Å². The van der Waals surface area contributed by atoms with Crippen molar-refractivity contribution in [3.63, 3.8) is 0 Å². The minimum atomic E-state index is 0.268. The molecule has 0 saturated heterocycles. The number of phenols is 2. The van der Waals surface area contributed by atoms with E-state index in [0.717, 1.165) is 42.5 Å². The fourth-order valence-corrected chi connectivity index (χ4v) is 4.15. The molecule has 1 aliphatic carbocycles. The molecule has 1 aliphatic rings. The van der Waals surface area contributed by atoms with Crippen LogP contribution in [0.4, 0.5) is 0 Å². The van der Waals surface area contributed by atoms with Gasteiger partial charge in [0.1, 0.15) is 11.5 Å². The van der Waals surface area contributed by atoms with Crippen LogP contribution in [0.2, 0.25) is 0 Å². The van der Waals surface area contributed by atoms with Crippen LogP contribution in [0.3, 0.4) is 0 Å². The van der Waals surface area contributed by atoms with Gasteiger partial charge >= 0.3 is 0 Å². The highest BCUT2D eigenvalue weighted by Crippen LogP contribution is 2.40. The summed E-state index contributed by atoms with van der Waals surface area (Å²) in [4.78, 5) is 0. The second kappa shape index (κ2) is 7.47. The molecule has 3 aromatic rings. The summed E-state index contributed by atoms with van der Waals surface area (Å²) in [5.74, 6) is 0.547. The Bertz CT molecular complexity index is 905. The van der Waals surface area contributed by atoms with Crippen molar-refractivity contribution in [1.29, 1.82) is 0 Å². The average molecular weight is 362 g/mol. The minimum absolute atomic E-state index is 0.268. The summed E-state index contributed by atoms with van der Waals surface area (Å²) in [6.07, 6.45) is 6.79. The molecule has 4 nitrogen and oxygen atoms in total. The van der Waals surface area contributed by atoms with Gasteiger partial charge in [0, 0.05) is 16.7 Å². The maximum Gasteiger partial charge on any atom is 0.115 e. The van der Waals surface area contributed by atoms with Crippen LogP contribution in [-0.4, -0.2) is 20.0 Å². The lowest BCUT2D eigenvalue weighted by molar-refractivity contribution is 0.471. The molecule has 27 heavy (non-hydrogen) atoms. The van der Waals surface area contributed by atoms with E-state index in [1.807, 2.05) is 24.3 Å². The van der Waals surface area contributed by atoms with Crippen molar-refractivity contribution in [3.8, 4) is 34.0 Å². The van der Waals surface area contributed by atoms with Gasteiger partial charge in [0.25, 0.3) is 0 Å². The Hall–Kier alpha value is -2.75. The van der Waals surface area contributed by atoms with Gasteiger partial charge in [-0.05, 0) is 67.8 Å². The van der Waals surface area contributed by atoms with Crippen LogP contribution in [0.15, 0.2) is 48.5 Å². The highest BCUT2D eigenvalue weighted by Gasteiger charge is 2.26. The third-order valence-corrected chi connectivity index (χ3v) is 5.46. The molecule has 1 saturated carbocycles. The summed E-state index contributed by atoms with van der Waals surface area (Å²) in [6, 6.07) is 15.2. The highest BCUT2D eigenvalue weighted by atomic mass is 16.3. The van der Waals surface area contributed by atoms with E-state index < -0.39 is 0 Å². The number of aromatic hydroxyl groups is 2. The van der Waals surface area contributed by atoms with E-state index in [4.69, 9.17) is 5.10 Å². The van der Waals surface area contributed by atoms with Crippen molar-refractivity contribution in [2.24, 2.45) is 0 Å². The van der Waals surface area contributed by atoms with Gasteiger partial charge in [-0.2, -0.15) is 5.10 Å². The molecule has 0 atom stereocenters. The Morgan fingerprint density at radius 2 is 1.44 bits per heavy atom. The molecule has 0 spiro atoms. The fraction of sp³-hybridized carbons (Fsp3) is 0.348. The largest absolute Gasteiger partial charge is 0.508 e. The summed E-state index contributed by atoms with van der Waals surface area (Å²) in [5.41, 5.74) is 5.56. The quantitative estimate of drug-likeness (QED) is 0.612. The smallest absolute Gasteiger partial charge is 0.115 e. The minimum Gasteiger partial charge on any atom is -0.508 e. The van der Waals surface area contributed by atoms with E-state index in [2.05, 4.69) is 11.6 Å². The van der Waals surface area contributed by atoms with Gasteiger partial charge in [-0.1, -0.05) is 26.2 Å². The fourth-order valence-electron chi connectivity index (χ4n) is 4.15. The number of phenolic OH excluding ortho intramolecular Hbond substituents is 2. The van der Waals surface area contributed by atoms with Gasteiger partial charge < -0.3 is 10.2 Å². The Balaban J connectivity index is 1.92. The molecule has 4 rings (SSSR count). The predicted octanol–water partition coefficient (Wildman–Crippen LogP) is 5.70. The van der Waals surface area contributed by atoms with Gasteiger partial charge in [-0.3, -0.25) is 4.68 Å². The van der Waals surface area contributed by atoms with E-state index in [0.29, 0.717) is 6.04 Å². The zero-order valence-electron chi connectivity index (χ0n) is 15.7. The molecule has 0 radical (unpaired) electrons. The summed E-state index contributed by atoms with van der Waals surface area (Å²) >= 11 is 0. The normalized spacial score (nSPS) is 14.7. The van der Waals surface area contributed by atoms with Crippen LogP contribution >= 0.6 is 0 Å². The summed E-state index contributed by atoms with van der Waals surface area (Å²) in [7, 11) is 0. The molecule has 0 amide bonds. The van der Waals surface area contributed by atoms with Crippen LogP contribution in [0, 0.1) is 0 Å². The van der Waals surface area contributed by atoms with Gasteiger partial charge in [-0.25, -0.2) is 0 Å². The monoisotopic (exact) mass is 362 g/mol. The summed E-state index contributed by atoms with van der Waals surface area (Å²) in [5, 5.41) is 24.5. The first-order chi connectivity index (χ1) is 13.2. The summed E-state index contributed by atoms with van der Waals surface area (Å²) < 4.78 is 2.23. The van der Waals surface area contributed by atoms with E-state index >= 15 is 0 Å². The zero-order chi connectivity index (χ0) is 18.8. The van der Waals surface area contributed by atoms with Crippen molar-refractivity contribution in [3.05, 3.63) is 54.1 Å². The van der Waals surface area contributed by atoms with E-state index in [1.54, 1.807) is 24.3 Å². The number of hydrogen-bond acceptors (Lipinski definition) is 3. The summed E-state index contributed by atoms with van der Waals surface area (Å²) in [6.45, 7) is 2.19. The number of hydrogen-bond donors (Lipinski definition) is 2. The predicted molar refractivity (Wildman–Crippen MR) is 108 cm³/mol. The van der Waals surface area contributed by atoms with Crippen molar-refractivity contribution in [2.45, 2.75) is 51.5 Å². The molecule has 1 fully saturated rings. The second-order valence-electron chi connectivity index (χ2n) is 7.40. The first kappa shape index (κ1) is 17.7. The standard InChI is InChI=1S/C23H26N2O2/c1-2-5-21-22(16-8-12-19(26)13-9-16)24-25(18-6-3-4-7-18)23(21)17-10-14-20(27)15-11-17/h8-15,18,26-27H,2-7H2,1H3. The molecule has 4 heteroatoms. The van der Waals surface area contributed by atoms with E-state index in [1.165, 1.54) is 24.1 Å². The third-order valence-electron chi connectivity index (χ3n) is 5.46. The highest BCUT2D eigenvalue weighted by molar-refractivity contribution is 5.75. The van der Waals surface area contributed by atoms with Crippen LogP contribution in [0.1, 0.15) is 50.6 Å². The molecule has 2 N–H and O–H groups in total. The van der Waals surface area contributed by atoms with Crippen molar-refractivity contribution < 1.29 is 10.2 Å². The molecule has 2 aromatic carbocycles. The topological polar surface area (TPSA) is 58.3 Å². The first-order valence-electron chi connectivity index (χ1n) is 9.87. The molecule has 0 aliphatic heterocycles. The van der Waals surface area contributed by atoms with Crippen molar-refractivity contribution in [2.75, 3.05) is 0 Å². The molecular weight excluding hydrogens is 336 g/mol. The Morgan fingerprint density at radius 3 is 2.00 bits per heavy atom. The van der Waals surface area contributed by atoms with Crippen molar-refractivity contribution >= 4 is 0 Å². The van der Waals surface area contributed by atoms with Crippen LogP contribution in [-0.2, 0) is 6.42 Å². The van der Waals surface area contributed by atoms with Gasteiger partial charge in [0.05, 0.1) is 17.4 Å². The number of nitrogens with zero attached hydrogens (tertiary/aromatic N) is 2. The van der Waals surface area contributed by atoms with E-state index in [-0.39, 0.29) is 11.5 Å². The third kappa shape index (κ3) is 3.44. The van der Waals surface area contributed by atoms with Gasteiger partial charge in [0.15, 0.2) is 0 Å². The van der Waals surface area contributed by atoms with Gasteiger partial charge in [-0.15, -0.1) is 0 Å². The van der Waals surface area contributed by atoms with E-state index in [9.17, 15) is 10.2 Å². The molecule has 0 unspecified atom stereocenters. The first-order valence-corrected chi connectivity index (χ1v) is 9.87. The lowest BCUT2D eigenvalue weighted by Crippen LogP contribution is -2.08. The lowest BCUT2D eigenvalue weighted by atomic mass is 9.98. The van der Waals surface area contributed by atoms with Crippen LogP contribution < -0.4 is 0 Å². The molecule has 1 heterocycles. The van der Waals surface area contributed by atoms with Crippen molar-refractivity contribution in [1.82, 2.24) is 9.78 Å². The lowest BCUT2D eigenvalue weighted by Gasteiger charge is -2.15. The molecule has 1 aromatic heterocycles. The average Bonchev–Trinajstić information content (AvgIpc) is 3.32. The SMILES string of the molecule is CCCc1c(-c2ccc(O)cc2)nn(C2CCCC2)c1-c1ccc(O)cc1. The Kier molecular flexibility index (Phi) is 4.88. The molecular formula is C23H26N2O2. The van der Waals surface area contributed by atoms with Crippen LogP contribution in [0.25, 0.3) is 22.5 Å². The maximum atomic E-state index is 9.72. The number of rotatable bonds is 5. The second-order valence-corrected chi connectivity index (χ2v) is 7.40. The Labute approximate surface area is 160 Å². The Morgan fingerprint density at radius 1 is 0.889 bits per heavy atom. The number of benzene rings is 2. The molecule has 140 valence electrons. The maximum absolute atomic E-state index is 9.72. The molecule has 0 bridgehead atoms.